The fourth-order valence-electron chi connectivity index (χ4n) is 3.97. The smallest absolute Gasteiger partial charge is 0.242 e. The molecule has 0 bridgehead atoms. The highest BCUT2D eigenvalue weighted by Crippen LogP contribution is 2.25. The number of carbonyl (C=O) groups is 1. The van der Waals surface area contributed by atoms with Gasteiger partial charge in [0.1, 0.15) is 0 Å². The maximum Gasteiger partial charge on any atom is 0.242 e. The van der Waals surface area contributed by atoms with Crippen molar-refractivity contribution in [3.8, 4) is 0 Å². The van der Waals surface area contributed by atoms with Crippen LogP contribution in [0.25, 0.3) is 0 Å². The first kappa shape index (κ1) is 23.2. The summed E-state index contributed by atoms with van der Waals surface area (Å²) in [6, 6.07) is 8.54. The van der Waals surface area contributed by atoms with Crippen LogP contribution in [0.2, 0.25) is 0 Å². The van der Waals surface area contributed by atoms with E-state index in [-0.39, 0.29) is 5.91 Å². The second kappa shape index (κ2) is 11.8. The average Bonchev–Trinajstić information content (AvgIpc) is 2.70. The quantitative estimate of drug-likeness (QED) is 0.527. The molecule has 4 nitrogen and oxygen atoms in total. The number of allylic oxidation sites excluding steroid dienone is 1. The van der Waals surface area contributed by atoms with Gasteiger partial charge in [0.15, 0.2) is 0 Å². The monoisotopic (exact) mass is 397 g/mol. The molecule has 1 saturated heterocycles. The lowest BCUT2D eigenvalue weighted by atomic mass is 9.94. The van der Waals surface area contributed by atoms with Crippen LogP contribution < -0.4 is 5.32 Å². The minimum absolute atomic E-state index is 0.184. The van der Waals surface area contributed by atoms with Crippen LogP contribution in [0.3, 0.4) is 0 Å². The molecule has 1 aromatic rings. The lowest BCUT2D eigenvalue weighted by Gasteiger charge is -2.39. The van der Waals surface area contributed by atoms with Gasteiger partial charge in [0.25, 0.3) is 0 Å². The zero-order chi connectivity index (χ0) is 21.2. The number of rotatable bonds is 12. The molecule has 1 aliphatic rings. The first-order chi connectivity index (χ1) is 13.9. The standard InChI is InChI=1S/C25H39N3O/c1-6-8-24(9-7-2)22(5)27-14-15-28(25(29)19-27)18-21(4)16-26-17-23-12-10-20(3)11-13-23/h10-13,24,26H,4-9,14-19H2,1-3H3. The number of carbonyl (C=O) groups excluding carboxylic acids is 1. The van der Waals surface area contributed by atoms with E-state index in [4.69, 9.17) is 0 Å². The number of amides is 1. The number of benzene rings is 1. The summed E-state index contributed by atoms with van der Waals surface area (Å²) >= 11 is 0. The second-order valence-corrected chi connectivity index (χ2v) is 8.34. The molecule has 160 valence electrons. The highest BCUT2D eigenvalue weighted by Gasteiger charge is 2.27. The third-order valence-electron chi connectivity index (χ3n) is 5.71. The highest BCUT2D eigenvalue weighted by molar-refractivity contribution is 5.79. The van der Waals surface area contributed by atoms with Crippen molar-refractivity contribution in [3.63, 3.8) is 0 Å². The van der Waals surface area contributed by atoms with Crippen LogP contribution in [0.15, 0.2) is 48.7 Å². The van der Waals surface area contributed by atoms with Crippen molar-refractivity contribution in [1.29, 1.82) is 0 Å². The van der Waals surface area contributed by atoms with E-state index >= 15 is 0 Å². The summed E-state index contributed by atoms with van der Waals surface area (Å²) in [5, 5.41) is 3.43. The van der Waals surface area contributed by atoms with Gasteiger partial charge in [-0.2, -0.15) is 0 Å². The Morgan fingerprint density at radius 3 is 2.34 bits per heavy atom. The molecular formula is C25H39N3O. The molecular weight excluding hydrogens is 358 g/mol. The molecule has 4 heteroatoms. The van der Waals surface area contributed by atoms with Gasteiger partial charge >= 0.3 is 0 Å². The maximum atomic E-state index is 12.7. The molecule has 0 aromatic heterocycles. The van der Waals surface area contributed by atoms with Crippen LogP contribution in [0.4, 0.5) is 0 Å². The van der Waals surface area contributed by atoms with Gasteiger partial charge in [0.05, 0.1) is 6.54 Å². The minimum atomic E-state index is 0.184. The van der Waals surface area contributed by atoms with Gasteiger partial charge in [-0.05, 0) is 36.8 Å². The van der Waals surface area contributed by atoms with Crippen LogP contribution in [0.5, 0.6) is 0 Å². The van der Waals surface area contributed by atoms with Crippen molar-refractivity contribution >= 4 is 5.91 Å². The SMILES string of the molecule is C=C(CNCc1ccc(C)cc1)CN1CCN(C(=C)C(CCC)CCC)CC1=O. The van der Waals surface area contributed by atoms with E-state index in [2.05, 4.69) is 68.4 Å². The Labute approximate surface area is 177 Å². The van der Waals surface area contributed by atoms with Crippen molar-refractivity contribution in [2.24, 2.45) is 5.92 Å². The topological polar surface area (TPSA) is 35.6 Å². The Kier molecular flexibility index (Phi) is 9.46. The Hall–Kier alpha value is -2.07. The van der Waals surface area contributed by atoms with E-state index in [0.29, 0.717) is 19.0 Å². The van der Waals surface area contributed by atoms with Crippen LogP contribution in [-0.2, 0) is 11.3 Å². The zero-order valence-corrected chi connectivity index (χ0v) is 18.7. The van der Waals surface area contributed by atoms with Crippen molar-refractivity contribution < 1.29 is 4.79 Å². The molecule has 1 heterocycles. The van der Waals surface area contributed by atoms with Crippen LogP contribution in [-0.4, -0.2) is 48.4 Å². The fourth-order valence-corrected chi connectivity index (χ4v) is 3.97. The molecule has 2 rings (SSSR count). The summed E-state index contributed by atoms with van der Waals surface area (Å²) in [4.78, 5) is 16.8. The first-order valence-electron chi connectivity index (χ1n) is 11.1. The summed E-state index contributed by atoms with van der Waals surface area (Å²) in [6.07, 6.45) is 4.63. The van der Waals surface area contributed by atoms with Crippen LogP contribution in [0, 0.1) is 12.8 Å². The molecule has 0 aliphatic carbocycles. The van der Waals surface area contributed by atoms with E-state index in [1.165, 1.54) is 11.1 Å². The Morgan fingerprint density at radius 2 is 1.76 bits per heavy atom. The second-order valence-electron chi connectivity index (χ2n) is 8.34. The average molecular weight is 398 g/mol. The molecule has 1 amide bonds. The summed E-state index contributed by atoms with van der Waals surface area (Å²) in [7, 11) is 0. The van der Waals surface area contributed by atoms with Crippen molar-refractivity contribution in [1.82, 2.24) is 15.1 Å². The van der Waals surface area contributed by atoms with Crippen molar-refractivity contribution in [2.45, 2.75) is 53.0 Å². The number of hydrogen-bond donors (Lipinski definition) is 1. The van der Waals surface area contributed by atoms with Gasteiger partial charge in [-0.25, -0.2) is 0 Å². The zero-order valence-electron chi connectivity index (χ0n) is 18.7. The predicted octanol–water partition coefficient (Wildman–Crippen LogP) is 4.52. The molecule has 1 aliphatic heterocycles. The van der Waals surface area contributed by atoms with Gasteiger partial charge in [-0.3, -0.25) is 4.79 Å². The van der Waals surface area contributed by atoms with Gasteiger partial charge in [0.2, 0.25) is 5.91 Å². The molecule has 0 unspecified atom stereocenters. The minimum Gasteiger partial charge on any atom is -0.364 e. The number of nitrogens with zero attached hydrogens (tertiary/aromatic N) is 2. The molecule has 0 spiro atoms. The molecule has 0 radical (unpaired) electrons. The van der Waals surface area contributed by atoms with Gasteiger partial charge in [0, 0.05) is 38.4 Å². The van der Waals surface area contributed by atoms with E-state index in [9.17, 15) is 4.79 Å². The lowest BCUT2D eigenvalue weighted by Crippen LogP contribution is -2.51. The molecule has 0 saturated carbocycles. The molecule has 1 N–H and O–H groups in total. The fraction of sp³-hybridized carbons (Fsp3) is 0.560. The van der Waals surface area contributed by atoms with E-state index in [0.717, 1.165) is 63.1 Å². The lowest BCUT2D eigenvalue weighted by molar-refractivity contribution is -0.134. The van der Waals surface area contributed by atoms with E-state index in [1.807, 2.05) is 4.90 Å². The number of aryl methyl sites for hydroxylation is 1. The third-order valence-corrected chi connectivity index (χ3v) is 5.71. The molecule has 0 atom stereocenters. The highest BCUT2D eigenvalue weighted by atomic mass is 16.2. The Morgan fingerprint density at radius 1 is 1.10 bits per heavy atom. The molecule has 1 fully saturated rings. The Bertz CT molecular complexity index is 674. The van der Waals surface area contributed by atoms with E-state index < -0.39 is 0 Å². The molecule has 29 heavy (non-hydrogen) atoms. The first-order valence-corrected chi connectivity index (χ1v) is 11.1. The van der Waals surface area contributed by atoms with Crippen LogP contribution >= 0.6 is 0 Å². The summed E-state index contributed by atoms with van der Waals surface area (Å²) in [5.41, 5.74) is 4.74. The molecule has 1 aromatic carbocycles. The number of nitrogens with one attached hydrogen (secondary N) is 1. The predicted molar refractivity (Wildman–Crippen MR) is 123 cm³/mol. The third kappa shape index (κ3) is 7.36. The summed E-state index contributed by atoms with van der Waals surface area (Å²) in [6.45, 7) is 19.3. The summed E-state index contributed by atoms with van der Waals surface area (Å²) in [5.74, 6) is 0.689. The van der Waals surface area contributed by atoms with Crippen molar-refractivity contribution in [2.75, 3.05) is 32.7 Å². The van der Waals surface area contributed by atoms with Crippen LogP contribution in [0.1, 0.15) is 50.7 Å². The van der Waals surface area contributed by atoms with Gasteiger partial charge < -0.3 is 15.1 Å². The van der Waals surface area contributed by atoms with E-state index in [1.54, 1.807) is 0 Å². The van der Waals surface area contributed by atoms with Gasteiger partial charge in [-0.1, -0.05) is 69.7 Å². The number of hydrogen-bond acceptors (Lipinski definition) is 3. The van der Waals surface area contributed by atoms with Gasteiger partial charge in [-0.15, -0.1) is 0 Å². The van der Waals surface area contributed by atoms with Crippen molar-refractivity contribution in [3.05, 3.63) is 59.8 Å². The maximum absolute atomic E-state index is 12.7. The Balaban J connectivity index is 1.75. The largest absolute Gasteiger partial charge is 0.364 e. The summed E-state index contributed by atoms with van der Waals surface area (Å²) < 4.78 is 0. The number of piperazine rings is 1. The normalized spacial score (nSPS) is 14.6.